The summed E-state index contributed by atoms with van der Waals surface area (Å²) in [5, 5.41) is 0.718. The fourth-order valence-corrected chi connectivity index (χ4v) is 5.32. The Balaban J connectivity index is 1.84. The van der Waals surface area contributed by atoms with Crippen LogP contribution in [0.15, 0.2) is 54.6 Å². The molecule has 1 aromatic heterocycles. The van der Waals surface area contributed by atoms with Gasteiger partial charge in [0.2, 0.25) is 0 Å². The number of fused-ring (bicyclic) bond motifs is 1. The molecule has 0 saturated heterocycles. The van der Waals surface area contributed by atoms with Crippen molar-refractivity contribution in [1.29, 1.82) is 0 Å². The highest BCUT2D eigenvalue weighted by Gasteiger charge is 2.41. The standard InChI is InChI=1S/C30H32F6O4S/c1-5-6-7-8-20-9-12-23(24(13-20)40-30(34,35)36)26-14-21-10-11-22(15-25(21)41-26)38-17-28(4,16-29(31,32)33)18-39-27(37)19(2)3/h9-15H,2,5-8,16-18H2,1,3-4H3. The first-order valence-electron chi connectivity index (χ1n) is 13.0. The molecule has 0 spiro atoms. The van der Waals surface area contributed by atoms with E-state index in [2.05, 4.69) is 11.3 Å². The van der Waals surface area contributed by atoms with Crippen LogP contribution in [0.1, 0.15) is 52.0 Å². The quantitative estimate of drug-likeness (QED) is 0.0846. The van der Waals surface area contributed by atoms with Crippen LogP contribution in [0.3, 0.4) is 0 Å². The average Bonchev–Trinajstić information content (AvgIpc) is 3.27. The Bertz CT molecular complexity index is 1360. The van der Waals surface area contributed by atoms with E-state index < -0.39 is 43.6 Å². The number of benzene rings is 2. The van der Waals surface area contributed by atoms with Gasteiger partial charge in [0.15, 0.2) is 0 Å². The van der Waals surface area contributed by atoms with Crippen molar-refractivity contribution >= 4 is 27.4 Å². The summed E-state index contributed by atoms with van der Waals surface area (Å²) in [7, 11) is 0. The number of hydrogen-bond acceptors (Lipinski definition) is 5. The minimum atomic E-state index is -4.86. The van der Waals surface area contributed by atoms with E-state index in [1.807, 2.05) is 6.92 Å². The Kier molecular flexibility index (Phi) is 10.4. The number of carbonyl (C=O) groups is 1. The zero-order valence-electron chi connectivity index (χ0n) is 23.0. The molecule has 1 atom stereocenters. The molecule has 1 heterocycles. The van der Waals surface area contributed by atoms with Crippen molar-refractivity contribution in [1.82, 2.24) is 0 Å². The van der Waals surface area contributed by atoms with E-state index in [1.54, 1.807) is 36.4 Å². The molecule has 41 heavy (non-hydrogen) atoms. The zero-order chi connectivity index (χ0) is 30.4. The highest BCUT2D eigenvalue weighted by Crippen LogP contribution is 2.42. The molecule has 11 heteroatoms. The van der Waals surface area contributed by atoms with Gasteiger partial charge in [-0.15, -0.1) is 24.5 Å². The average molecular weight is 603 g/mol. The Hall–Kier alpha value is -3.21. The number of esters is 1. The molecule has 0 bridgehead atoms. The molecule has 0 N–H and O–H groups in total. The van der Waals surface area contributed by atoms with Gasteiger partial charge in [0.1, 0.15) is 18.1 Å². The van der Waals surface area contributed by atoms with Gasteiger partial charge in [-0.2, -0.15) is 13.2 Å². The van der Waals surface area contributed by atoms with Gasteiger partial charge in [-0.05, 0) is 67.1 Å². The lowest BCUT2D eigenvalue weighted by molar-refractivity contribution is -0.274. The maximum Gasteiger partial charge on any atom is 0.573 e. The molecule has 3 rings (SSSR count). The Labute approximate surface area is 238 Å². The van der Waals surface area contributed by atoms with Crippen LogP contribution in [0.5, 0.6) is 11.5 Å². The summed E-state index contributed by atoms with van der Waals surface area (Å²) >= 11 is 1.21. The van der Waals surface area contributed by atoms with Crippen LogP contribution in [-0.4, -0.2) is 31.7 Å². The predicted octanol–water partition coefficient (Wildman–Crippen LogP) is 9.66. The van der Waals surface area contributed by atoms with Crippen molar-refractivity contribution in [3.63, 3.8) is 0 Å². The third-order valence-electron chi connectivity index (χ3n) is 6.21. The number of rotatable bonds is 13. The van der Waals surface area contributed by atoms with E-state index in [1.165, 1.54) is 31.3 Å². The largest absolute Gasteiger partial charge is 0.573 e. The number of halogens is 6. The lowest BCUT2D eigenvalue weighted by atomic mass is 9.88. The monoisotopic (exact) mass is 602 g/mol. The van der Waals surface area contributed by atoms with Crippen molar-refractivity contribution in [3.8, 4) is 21.9 Å². The first-order chi connectivity index (χ1) is 19.1. The summed E-state index contributed by atoms with van der Waals surface area (Å²) in [6.07, 6.45) is -7.20. The second kappa shape index (κ2) is 13.2. The molecule has 2 aromatic carbocycles. The van der Waals surface area contributed by atoms with Crippen LogP contribution in [0, 0.1) is 5.41 Å². The minimum Gasteiger partial charge on any atom is -0.493 e. The Morgan fingerprint density at radius 2 is 1.71 bits per heavy atom. The molecule has 4 nitrogen and oxygen atoms in total. The summed E-state index contributed by atoms with van der Waals surface area (Å²) in [5.41, 5.74) is -0.479. The maximum atomic E-state index is 13.3. The van der Waals surface area contributed by atoms with E-state index in [0.717, 1.165) is 30.2 Å². The highest BCUT2D eigenvalue weighted by molar-refractivity contribution is 7.22. The second-order valence-electron chi connectivity index (χ2n) is 10.4. The van der Waals surface area contributed by atoms with Gasteiger partial charge in [0.05, 0.1) is 13.0 Å². The van der Waals surface area contributed by atoms with Crippen LogP contribution in [0.2, 0.25) is 0 Å². The molecular weight excluding hydrogens is 570 g/mol. The number of thiophene rings is 1. The summed E-state index contributed by atoms with van der Waals surface area (Å²) in [4.78, 5) is 12.3. The molecule has 1 unspecified atom stereocenters. The van der Waals surface area contributed by atoms with E-state index in [-0.39, 0.29) is 22.6 Å². The molecule has 0 saturated carbocycles. The SMILES string of the molecule is C=C(C)C(=O)OCC(C)(COc1ccc2cc(-c3ccc(CCCCC)cc3OC(F)(F)F)sc2c1)CC(F)(F)F. The summed E-state index contributed by atoms with van der Waals surface area (Å²) in [6.45, 7) is 7.25. The van der Waals surface area contributed by atoms with E-state index in [0.29, 0.717) is 16.0 Å². The number of unbranched alkanes of at least 4 members (excludes halogenated alkanes) is 2. The number of hydrogen-bond donors (Lipinski definition) is 0. The van der Waals surface area contributed by atoms with Crippen LogP contribution in [0.4, 0.5) is 26.3 Å². The number of carbonyl (C=O) groups excluding carboxylic acids is 1. The lowest BCUT2D eigenvalue weighted by Gasteiger charge is -2.30. The summed E-state index contributed by atoms with van der Waals surface area (Å²) < 4.78 is 95.2. The van der Waals surface area contributed by atoms with Crippen LogP contribution in [-0.2, 0) is 16.0 Å². The van der Waals surface area contributed by atoms with Crippen molar-refractivity contribution in [2.24, 2.45) is 5.41 Å². The first-order valence-corrected chi connectivity index (χ1v) is 13.8. The normalized spacial score (nSPS) is 13.6. The van der Waals surface area contributed by atoms with E-state index in [9.17, 15) is 31.1 Å². The van der Waals surface area contributed by atoms with Gasteiger partial charge in [0, 0.05) is 26.1 Å². The molecule has 0 aliphatic carbocycles. The van der Waals surface area contributed by atoms with Crippen molar-refractivity contribution < 1.29 is 45.3 Å². The third kappa shape index (κ3) is 9.98. The molecule has 0 amide bonds. The molecular formula is C30H32F6O4S. The molecule has 0 fully saturated rings. The number of ether oxygens (including phenoxy) is 3. The number of alkyl halides is 6. The van der Waals surface area contributed by atoms with Crippen LogP contribution >= 0.6 is 11.3 Å². The van der Waals surface area contributed by atoms with Crippen molar-refractivity contribution in [2.45, 2.75) is 65.4 Å². The topological polar surface area (TPSA) is 44.8 Å². The number of aryl methyl sites for hydroxylation is 1. The second-order valence-corrected chi connectivity index (χ2v) is 11.5. The Morgan fingerprint density at radius 1 is 0.976 bits per heavy atom. The minimum absolute atomic E-state index is 0.0640. The van der Waals surface area contributed by atoms with Gasteiger partial charge >= 0.3 is 18.5 Å². The lowest BCUT2D eigenvalue weighted by Crippen LogP contribution is -2.36. The predicted molar refractivity (Wildman–Crippen MR) is 147 cm³/mol. The first kappa shape index (κ1) is 32.3. The van der Waals surface area contributed by atoms with Crippen LogP contribution in [0.25, 0.3) is 20.5 Å². The smallest absolute Gasteiger partial charge is 0.493 e. The molecule has 3 aromatic rings. The fraction of sp³-hybridized carbons (Fsp3) is 0.433. The summed E-state index contributed by atoms with van der Waals surface area (Å²) in [5.74, 6) is -0.820. The molecule has 0 aliphatic rings. The van der Waals surface area contributed by atoms with Gasteiger partial charge in [0.25, 0.3) is 0 Å². The summed E-state index contributed by atoms with van der Waals surface area (Å²) in [6, 6.07) is 11.4. The molecule has 0 radical (unpaired) electrons. The molecule has 0 aliphatic heterocycles. The third-order valence-corrected chi connectivity index (χ3v) is 7.34. The van der Waals surface area contributed by atoms with Gasteiger partial charge in [-0.1, -0.05) is 39.3 Å². The van der Waals surface area contributed by atoms with Crippen molar-refractivity contribution in [2.75, 3.05) is 13.2 Å². The molecule has 224 valence electrons. The van der Waals surface area contributed by atoms with Gasteiger partial charge in [-0.25, -0.2) is 4.79 Å². The van der Waals surface area contributed by atoms with Gasteiger partial charge < -0.3 is 14.2 Å². The maximum absolute atomic E-state index is 13.3. The van der Waals surface area contributed by atoms with E-state index in [4.69, 9.17) is 9.47 Å². The Morgan fingerprint density at radius 3 is 2.34 bits per heavy atom. The fourth-order valence-electron chi connectivity index (χ4n) is 4.20. The highest BCUT2D eigenvalue weighted by atomic mass is 32.1. The van der Waals surface area contributed by atoms with Crippen molar-refractivity contribution in [3.05, 3.63) is 60.2 Å². The van der Waals surface area contributed by atoms with Crippen LogP contribution < -0.4 is 9.47 Å². The van der Waals surface area contributed by atoms with E-state index >= 15 is 0 Å². The van der Waals surface area contributed by atoms with Gasteiger partial charge in [-0.3, -0.25) is 0 Å². The zero-order valence-corrected chi connectivity index (χ0v) is 23.8.